The Labute approximate surface area is 112 Å². The summed E-state index contributed by atoms with van der Waals surface area (Å²) in [5, 5.41) is 3.31. The van der Waals surface area contributed by atoms with Gasteiger partial charge < -0.3 is 11.1 Å². The Kier molecular flexibility index (Phi) is 9.03. The highest BCUT2D eigenvalue weighted by molar-refractivity contribution is 5.70. The molecule has 102 valence electrons. The minimum absolute atomic E-state index is 0.848. The topological polar surface area (TPSA) is 38.0 Å². The van der Waals surface area contributed by atoms with E-state index in [1.165, 1.54) is 16.7 Å². The third-order valence-corrected chi connectivity index (χ3v) is 2.66. The number of hydrogen-bond acceptors (Lipinski definition) is 2. The highest BCUT2D eigenvalue weighted by atomic mass is 14.8. The van der Waals surface area contributed by atoms with Crippen molar-refractivity contribution in [1.29, 1.82) is 0 Å². The second-order valence-electron chi connectivity index (χ2n) is 3.76. The smallest absolute Gasteiger partial charge is 0.0317 e. The average Bonchev–Trinajstić information content (AvgIpc) is 2.44. The summed E-state index contributed by atoms with van der Waals surface area (Å²) in [5.74, 6) is 0. The molecule has 0 amide bonds. The lowest BCUT2D eigenvalue weighted by atomic mass is 9.96. The van der Waals surface area contributed by atoms with E-state index in [4.69, 9.17) is 5.73 Å². The van der Waals surface area contributed by atoms with E-state index in [2.05, 4.69) is 24.4 Å². The number of aryl methyl sites for hydroxylation is 1. The molecule has 0 aliphatic carbocycles. The van der Waals surface area contributed by atoms with Crippen LogP contribution >= 0.6 is 0 Å². The van der Waals surface area contributed by atoms with Gasteiger partial charge >= 0.3 is 0 Å². The third-order valence-electron chi connectivity index (χ3n) is 2.66. The number of anilines is 1. The van der Waals surface area contributed by atoms with Gasteiger partial charge in [0.2, 0.25) is 0 Å². The summed E-state index contributed by atoms with van der Waals surface area (Å²) in [6.45, 7) is 12.2. The number of nitrogens with one attached hydrogen (secondary N) is 1. The van der Waals surface area contributed by atoms with Crippen molar-refractivity contribution in [3.63, 3.8) is 0 Å². The first kappa shape index (κ1) is 16.7. The molecule has 2 rings (SSSR count). The first-order valence-electron chi connectivity index (χ1n) is 7.03. The molecule has 0 bridgehead atoms. The van der Waals surface area contributed by atoms with E-state index in [1.54, 1.807) is 0 Å². The van der Waals surface area contributed by atoms with Crippen molar-refractivity contribution >= 4 is 11.3 Å². The van der Waals surface area contributed by atoms with Crippen LogP contribution in [0, 0.1) is 6.92 Å². The lowest BCUT2D eigenvalue weighted by Gasteiger charge is -2.16. The standard InChI is InChI=1S/C12H16N2.2C2H6/c1-9-8-11(13)2-3-12(9)10-4-6-14-7-5-10;2*1-2/h2-4,8,14H,5-7,13H2,1H3;2*1-2H3. The minimum Gasteiger partial charge on any atom is -0.399 e. The Bertz CT molecular complexity index is 367. The van der Waals surface area contributed by atoms with Gasteiger partial charge in [-0.2, -0.15) is 0 Å². The van der Waals surface area contributed by atoms with Gasteiger partial charge in [-0.15, -0.1) is 0 Å². The molecule has 1 heterocycles. The Balaban J connectivity index is 0.000000659. The summed E-state index contributed by atoms with van der Waals surface area (Å²) in [5.41, 5.74) is 10.6. The van der Waals surface area contributed by atoms with Crippen LogP contribution in [-0.4, -0.2) is 13.1 Å². The van der Waals surface area contributed by atoms with Crippen molar-refractivity contribution in [3.05, 3.63) is 35.4 Å². The number of benzene rings is 1. The fourth-order valence-corrected chi connectivity index (χ4v) is 1.91. The molecule has 1 aromatic rings. The molecule has 2 heteroatoms. The largest absolute Gasteiger partial charge is 0.399 e. The van der Waals surface area contributed by atoms with E-state index in [0.29, 0.717) is 0 Å². The molecule has 0 spiro atoms. The molecule has 1 aliphatic rings. The predicted molar refractivity (Wildman–Crippen MR) is 83.8 cm³/mol. The number of rotatable bonds is 1. The van der Waals surface area contributed by atoms with Gasteiger partial charge in [-0.25, -0.2) is 0 Å². The van der Waals surface area contributed by atoms with Crippen molar-refractivity contribution < 1.29 is 0 Å². The number of nitrogens with two attached hydrogens (primary N) is 1. The van der Waals surface area contributed by atoms with Gasteiger partial charge in [0.25, 0.3) is 0 Å². The Morgan fingerprint density at radius 1 is 1.11 bits per heavy atom. The third kappa shape index (κ3) is 4.92. The van der Waals surface area contributed by atoms with Crippen molar-refractivity contribution in [1.82, 2.24) is 5.32 Å². The highest BCUT2D eigenvalue weighted by Gasteiger charge is 2.07. The zero-order chi connectivity index (χ0) is 14.0. The zero-order valence-corrected chi connectivity index (χ0v) is 12.5. The van der Waals surface area contributed by atoms with E-state index in [0.717, 1.165) is 25.2 Å². The summed E-state index contributed by atoms with van der Waals surface area (Å²) in [4.78, 5) is 0. The summed E-state index contributed by atoms with van der Waals surface area (Å²) < 4.78 is 0. The molecule has 18 heavy (non-hydrogen) atoms. The Morgan fingerprint density at radius 2 is 1.78 bits per heavy atom. The fourth-order valence-electron chi connectivity index (χ4n) is 1.91. The average molecular weight is 248 g/mol. The van der Waals surface area contributed by atoms with Gasteiger partial charge in [0, 0.05) is 12.2 Å². The van der Waals surface area contributed by atoms with Crippen LogP contribution in [0.5, 0.6) is 0 Å². The molecular formula is C16H28N2. The molecule has 0 atom stereocenters. The Morgan fingerprint density at radius 3 is 2.28 bits per heavy atom. The molecule has 0 aromatic heterocycles. The normalized spacial score (nSPS) is 13.5. The van der Waals surface area contributed by atoms with Gasteiger partial charge in [0.15, 0.2) is 0 Å². The van der Waals surface area contributed by atoms with Crippen LogP contribution in [0.4, 0.5) is 5.69 Å². The molecule has 2 nitrogen and oxygen atoms in total. The maximum atomic E-state index is 5.73. The first-order valence-corrected chi connectivity index (χ1v) is 7.03. The second-order valence-corrected chi connectivity index (χ2v) is 3.76. The van der Waals surface area contributed by atoms with Crippen molar-refractivity contribution in [3.8, 4) is 0 Å². The van der Waals surface area contributed by atoms with E-state index >= 15 is 0 Å². The molecule has 0 saturated carbocycles. The molecule has 0 unspecified atom stereocenters. The minimum atomic E-state index is 0.848. The predicted octanol–water partition coefficient (Wildman–Crippen LogP) is 4.01. The van der Waals surface area contributed by atoms with E-state index in [9.17, 15) is 0 Å². The van der Waals surface area contributed by atoms with Gasteiger partial charge in [-0.05, 0) is 48.7 Å². The monoisotopic (exact) mass is 248 g/mol. The van der Waals surface area contributed by atoms with Gasteiger partial charge in [0.05, 0.1) is 0 Å². The Hall–Kier alpha value is -1.28. The maximum absolute atomic E-state index is 5.73. The number of hydrogen-bond donors (Lipinski definition) is 2. The van der Waals surface area contributed by atoms with Crippen LogP contribution in [0.2, 0.25) is 0 Å². The van der Waals surface area contributed by atoms with Crippen molar-refractivity contribution in [2.24, 2.45) is 0 Å². The number of nitrogen functional groups attached to an aromatic ring is 1. The van der Waals surface area contributed by atoms with Crippen LogP contribution in [0.25, 0.3) is 5.57 Å². The summed E-state index contributed by atoms with van der Waals surface area (Å²) in [6.07, 6.45) is 3.38. The molecule has 0 saturated heterocycles. The summed E-state index contributed by atoms with van der Waals surface area (Å²) in [7, 11) is 0. The molecule has 0 radical (unpaired) electrons. The molecule has 1 aromatic carbocycles. The first-order chi connectivity index (χ1) is 8.77. The lowest BCUT2D eigenvalue weighted by molar-refractivity contribution is 0.738. The van der Waals surface area contributed by atoms with Gasteiger partial charge in [0.1, 0.15) is 0 Å². The molecule has 0 fully saturated rings. The molecular weight excluding hydrogens is 220 g/mol. The van der Waals surface area contributed by atoms with E-state index in [-0.39, 0.29) is 0 Å². The molecule has 1 aliphatic heterocycles. The fraction of sp³-hybridized carbons (Fsp3) is 0.500. The highest BCUT2D eigenvalue weighted by Crippen LogP contribution is 2.24. The van der Waals surface area contributed by atoms with Crippen molar-refractivity contribution in [2.75, 3.05) is 18.8 Å². The summed E-state index contributed by atoms with van der Waals surface area (Å²) >= 11 is 0. The SMILES string of the molecule is CC.CC.Cc1cc(N)ccc1C1=CCNCC1. The van der Waals surface area contributed by atoms with Crippen LogP contribution in [-0.2, 0) is 0 Å². The van der Waals surface area contributed by atoms with Crippen molar-refractivity contribution in [2.45, 2.75) is 41.0 Å². The van der Waals surface area contributed by atoms with Crippen LogP contribution in [0.15, 0.2) is 24.3 Å². The van der Waals surface area contributed by atoms with Crippen LogP contribution < -0.4 is 11.1 Å². The van der Waals surface area contributed by atoms with Gasteiger partial charge in [-0.3, -0.25) is 0 Å². The van der Waals surface area contributed by atoms with E-state index in [1.807, 2.05) is 39.8 Å². The van der Waals surface area contributed by atoms with Gasteiger partial charge in [-0.1, -0.05) is 39.8 Å². The van der Waals surface area contributed by atoms with E-state index < -0.39 is 0 Å². The maximum Gasteiger partial charge on any atom is 0.0317 e. The van der Waals surface area contributed by atoms with Crippen LogP contribution in [0.1, 0.15) is 45.2 Å². The summed E-state index contributed by atoms with van der Waals surface area (Å²) in [6, 6.07) is 6.14. The lowest BCUT2D eigenvalue weighted by Crippen LogP contribution is -2.20. The quantitative estimate of drug-likeness (QED) is 0.737. The second kappa shape index (κ2) is 9.72. The zero-order valence-electron chi connectivity index (χ0n) is 12.5. The van der Waals surface area contributed by atoms with Crippen LogP contribution in [0.3, 0.4) is 0 Å². The molecule has 3 N–H and O–H groups in total.